The second kappa shape index (κ2) is 11.5. The van der Waals surface area contributed by atoms with Crippen LogP contribution in [0, 0.1) is 5.92 Å². The number of guanidine groups is 1. The van der Waals surface area contributed by atoms with Crippen LogP contribution < -0.4 is 10.6 Å². The van der Waals surface area contributed by atoms with Crippen LogP contribution in [0.1, 0.15) is 65.2 Å². The van der Waals surface area contributed by atoms with Gasteiger partial charge in [0, 0.05) is 51.2 Å². The second-order valence-corrected chi connectivity index (χ2v) is 8.18. The van der Waals surface area contributed by atoms with Gasteiger partial charge in [0.2, 0.25) is 5.91 Å². The van der Waals surface area contributed by atoms with Gasteiger partial charge in [-0.25, -0.2) is 0 Å². The number of aliphatic imine (C=N–C) groups is 1. The standard InChI is InChI=1S/C21H41N5O/c1-5-17(6-2)20(27)26-14-11-18(12-15-26)24-21(22-3)23-13-16-25(4)19-9-7-8-10-19/h17-19H,5-16H2,1-4H3,(H2,22,23,24). The number of carbonyl (C=O) groups is 1. The Hall–Kier alpha value is -1.30. The Morgan fingerprint density at radius 2 is 1.78 bits per heavy atom. The van der Waals surface area contributed by atoms with E-state index >= 15 is 0 Å². The van der Waals surface area contributed by atoms with Gasteiger partial charge in [0.1, 0.15) is 0 Å². The zero-order chi connectivity index (χ0) is 19.6. The van der Waals surface area contributed by atoms with Crippen molar-refractivity contribution in [3.8, 4) is 0 Å². The predicted octanol–water partition coefficient (Wildman–Crippen LogP) is 2.45. The van der Waals surface area contributed by atoms with Gasteiger partial charge in [0.15, 0.2) is 5.96 Å². The maximum Gasteiger partial charge on any atom is 0.225 e. The third kappa shape index (κ3) is 6.66. The van der Waals surface area contributed by atoms with E-state index in [9.17, 15) is 4.79 Å². The first kappa shape index (κ1) is 22.0. The van der Waals surface area contributed by atoms with Crippen LogP contribution in [0.4, 0.5) is 0 Å². The summed E-state index contributed by atoms with van der Waals surface area (Å²) in [6, 6.07) is 1.16. The smallest absolute Gasteiger partial charge is 0.225 e. The van der Waals surface area contributed by atoms with Crippen LogP contribution in [-0.4, -0.2) is 74.0 Å². The molecule has 0 aromatic heterocycles. The van der Waals surface area contributed by atoms with Gasteiger partial charge in [-0.3, -0.25) is 9.79 Å². The lowest BCUT2D eigenvalue weighted by Crippen LogP contribution is -2.51. The van der Waals surface area contributed by atoms with Crippen LogP contribution in [0.5, 0.6) is 0 Å². The molecule has 1 aliphatic carbocycles. The third-order valence-electron chi connectivity index (χ3n) is 6.41. The summed E-state index contributed by atoms with van der Waals surface area (Å²) in [6.07, 6.45) is 9.32. The first-order chi connectivity index (χ1) is 13.1. The van der Waals surface area contributed by atoms with Gasteiger partial charge in [-0.05, 0) is 45.6 Å². The highest BCUT2D eigenvalue weighted by Gasteiger charge is 2.27. The number of likely N-dealkylation sites (N-methyl/N-ethyl adjacent to an activating group) is 1. The number of hydrogen-bond acceptors (Lipinski definition) is 3. The highest BCUT2D eigenvalue weighted by molar-refractivity contribution is 5.80. The summed E-state index contributed by atoms with van der Waals surface area (Å²) >= 11 is 0. The van der Waals surface area contributed by atoms with Crippen molar-refractivity contribution in [2.24, 2.45) is 10.9 Å². The van der Waals surface area contributed by atoms with E-state index in [1.54, 1.807) is 0 Å². The molecule has 0 spiro atoms. The summed E-state index contributed by atoms with van der Waals surface area (Å²) in [6.45, 7) is 7.90. The Bertz CT molecular complexity index is 463. The quantitative estimate of drug-likeness (QED) is 0.502. The summed E-state index contributed by atoms with van der Waals surface area (Å²) in [7, 11) is 4.07. The zero-order valence-corrected chi connectivity index (χ0v) is 18.0. The van der Waals surface area contributed by atoms with Crippen molar-refractivity contribution in [1.82, 2.24) is 20.4 Å². The molecular weight excluding hydrogens is 338 g/mol. The summed E-state index contributed by atoms with van der Waals surface area (Å²) in [5, 5.41) is 7.01. The fraction of sp³-hybridized carbons (Fsp3) is 0.905. The van der Waals surface area contributed by atoms with Crippen molar-refractivity contribution in [3.63, 3.8) is 0 Å². The molecule has 0 bridgehead atoms. The van der Waals surface area contributed by atoms with Gasteiger partial charge >= 0.3 is 0 Å². The topological polar surface area (TPSA) is 60.0 Å². The van der Waals surface area contributed by atoms with Gasteiger partial charge in [-0.15, -0.1) is 0 Å². The Kier molecular flexibility index (Phi) is 9.39. The monoisotopic (exact) mass is 379 g/mol. The average molecular weight is 380 g/mol. The normalized spacial score (nSPS) is 19.9. The van der Waals surface area contributed by atoms with E-state index in [1.165, 1.54) is 25.7 Å². The molecule has 0 unspecified atom stereocenters. The van der Waals surface area contributed by atoms with Crippen LogP contribution in [0.3, 0.4) is 0 Å². The van der Waals surface area contributed by atoms with Crippen LogP contribution >= 0.6 is 0 Å². The van der Waals surface area contributed by atoms with Gasteiger partial charge in [-0.2, -0.15) is 0 Å². The molecule has 1 saturated carbocycles. The number of nitrogens with one attached hydrogen (secondary N) is 2. The van der Waals surface area contributed by atoms with Crippen LogP contribution in [0.25, 0.3) is 0 Å². The maximum absolute atomic E-state index is 12.5. The molecule has 0 aromatic rings. The molecule has 156 valence electrons. The van der Waals surface area contributed by atoms with Crippen LogP contribution in [-0.2, 0) is 4.79 Å². The van der Waals surface area contributed by atoms with E-state index in [-0.39, 0.29) is 5.92 Å². The minimum Gasteiger partial charge on any atom is -0.355 e. The summed E-state index contributed by atoms with van der Waals surface area (Å²) in [5.41, 5.74) is 0. The lowest BCUT2D eigenvalue weighted by atomic mass is 9.98. The third-order valence-corrected chi connectivity index (χ3v) is 6.41. The van der Waals surface area contributed by atoms with E-state index in [0.29, 0.717) is 11.9 Å². The highest BCUT2D eigenvalue weighted by atomic mass is 16.2. The molecule has 1 aliphatic heterocycles. The van der Waals surface area contributed by atoms with E-state index in [1.807, 2.05) is 7.05 Å². The predicted molar refractivity (Wildman–Crippen MR) is 113 cm³/mol. The largest absolute Gasteiger partial charge is 0.355 e. The van der Waals surface area contributed by atoms with E-state index in [0.717, 1.165) is 63.9 Å². The Balaban J connectivity index is 1.67. The molecule has 1 amide bonds. The lowest BCUT2D eigenvalue weighted by molar-refractivity contribution is -0.136. The first-order valence-electron chi connectivity index (χ1n) is 11.0. The molecule has 6 heteroatoms. The van der Waals surface area contributed by atoms with E-state index in [4.69, 9.17) is 0 Å². The van der Waals surface area contributed by atoms with Gasteiger partial charge in [0.05, 0.1) is 0 Å². The fourth-order valence-electron chi connectivity index (χ4n) is 4.41. The molecule has 2 aliphatic rings. The van der Waals surface area contributed by atoms with Crippen molar-refractivity contribution in [1.29, 1.82) is 0 Å². The first-order valence-corrected chi connectivity index (χ1v) is 11.0. The number of carbonyl (C=O) groups excluding carboxylic acids is 1. The lowest BCUT2D eigenvalue weighted by Gasteiger charge is -2.35. The molecule has 2 rings (SSSR count). The summed E-state index contributed by atoms with van der Waals surface area (Å²) in [4.78, 5) is 21.4. The molecule has 0 atom stereocenters. The maximum atomic E-state index is 12.5. The van der Waals surface area contributed by atoms with Crippen molar-refractivity contribution in [2.75, 3.05) is 40.3 Å². The van der Waals surface area contributed by atoms with E-state index in [2.05, 4.69) is 46.3 Å². The Labute approximate surface area is 166 Å². The summed E-state index contributed by atoms with van der Waals surface area (Å²) < 4.78 is 0. The molecule has 0 aromatic carbocycles. The Morgan fingerprint density at radius 1 is 1.15 bits per heavy atom. The number of piperidine rings is 1. The molecular formula is C21H41N5O. The average Bonchev–Trinajstić information content (AvgIpc) is 3.23. The SMILES string of the molecule is CCC(CC)C(=O)N1CCC(NC(=NC)NCCN(C)C2CCCC2)CC1. The Morgan fingerprint density at radius 3 is 2.33 bits per heavy atom. The zero-order valence-electron chi connectivity index (χ0n) is 18.0. The molecule has 27 heavy (non-hydrogen) atoms. The second-order valence-electron chi connectivity index (χ2n) is 8.18. The summed E-state index contributed by atoms with van der Waals surface area (Å²) in [5.74, 6) is 1.43. The van der Waals surface area contributed by atoms with Crippen LogP contribution in [0.15, 0.2) is 4.99 Å². The number of amides is 1. The molecule has 6 nitrogen and oxygen atoms in total. The molecule has 0 radical (unpaired) electrons. The number of rotatable bonds is 8. The molecule has 2 N–H and O–H groups in total. The minimum atomic E-state index is 0.195. The number of likely N-dealkylation sites (tertiary alicyclic amines) is 1. The molecule has 1 heterocycles. The van der Waals surface area contributed by atoms with Crippen molar-refractivity contribution < 1.29 is 4.79 Å². The highest BCUT2D eigenvalue weighted by Crippen LogP contribution is 2.21. The number of hydrogen-bond donors (Lipinski definition) is 2. The van der Waals surface area contributed by atoms with Gasteiger partial charge < -0.3 is 20.4 Å². The van der Waals surface area contributed by atoms with Crippen LogP contribution in [0.2, 0.25) is 0 Å². The number of nitrogens with zero attached hydrogens (tertiary/aromatic N) is 3. The van der Waals surface area contributed by atoms with Crippen molar-refractivity contribution >= 4 is 11.9 Å². The minimum absolute atomic E-state index is 0.195. The molecule has 1 saturated heterocycles. The van der Waals surface area contributed by atoms with E-state index < -0.39 is 0 Å². The molecule has 2 fully saturated rings. The van der Waals surface area contributed by atoms with Gasteiger partial charge in [-0.1, -0.05) is 26.7 Å². The van der Waals surface area contributed by atoms with Crippen molar-refractivity contribution in [2.45, 2.75) is 77.3 Å². The fourth-order valence-corrected chi connectivity index (χ4v) is 4.41. The van der Waals surface area contributed by atoms with Gasteiger partial charge in [0.25, 0.3) is 0 Å². The van der Waals surface area contributed by atoms with Crippen molar-refractivity contribution in [3.05, 3.63) is 0 Å².